The number of nitrogens with one attached hydrogen (secondary N) is 1. The van der Waals surface area contributed by atoms with Crippen molar-refractivity contribution in [3.8, 4) is 5.75 Å². The Morgan fingerprint density at radius 3 is 2.79 bits per heavy atom. The van der Waals surface area contributed by atoms with E-state index in [2.05, 4.69) is 21.2 Å². The molecule has 1 aromatic carbocycles. The molecular weight excluding hydrogens is 308 g/mol. The first-order chi connectivity index (χ1) is 9.10. The average Bonchev–Trinajstić information content (AvgIpc) is 2.41. The molecule has 0 saturated heterocycles. The maximum absolute atomic E-state index is 11.5. The predicted molar refractivity (Wildman–Crippen MR) is 79.5 cm³/mol. The Kier molecular flexibility index (Phi) is 4.27. The van der Waals surface area contributed by atoms with Crippen LogP contribution in [-0.4, -0.2) is 9.67 Å². The molecule has 0 bridgehead atoms. The van der Waals surface area contributed by atoms with Gasteiger partial charge in [-0.05, 0) is 46.6 Å². The molecule has 0 aliphatic rings. The molecule has 0 amide bonds. The summed E-state index contributed by atoms with van der Waals surface area (Å²) in [6.45, 7) is 3.21. The zero-order valence-corrected chi connectivity index (χ0v) is 12.1. The molecule has 0 spiro atoms. The highest BCUT2D eigenvalue weighted by Crippen LogP contribution is 2.24. The van der Waals surface area contributed by atoms with E-state index in [9.17, 15) is 9.90 Å². The fourth-order valence-corrected chi connectivity index (χ4v) is 2.17. The Morgan fingerprint density at radius 1 is 1.32 bits per heavy atom. The number of aryl methyl sites for hydroxylation is 1. The lowest BCUT2D eigenvalue weighted by molar-refractivity contribution is 0.471. The summed E-state index contributed by atoms with van der Waals surface area (Å²) in [5.74, 6) is 0.225. The van der Waals surface area contributed by atoms with Crippen LogP contribution in [0.15, 0.2) is 45.8 Å². The number of rotatable bonds is 4. The zero-order valence-electron chi connectivity index (χ0n) is 10.6. The second-order valence-corrected chi connectivity index (χ2v) is 5.04. The number of pyridine rings is 1. The van der Waals surface area contributed by atoms with E-state index in [0.717, 1.165) is 11.3 Å². The summed E-state index contributed by atoms with van der Waals surface area (Å²) in [4.78, 5) is 11.5. The number of hydrogen-bond acceptors (Lipinski definition) is 3. The summed E-state index contributed by atoms with van der Waals surface area (Å²) >= 11 is 3.28. The molecule has 2 aromatic rings. The number of benzene rings is 1. The number of phenols is 1. The normalized spacial score (nSPS) is 10.4. The van der Waals surface area contributed by atoms with Crippen LogP contribution in [0.5, 0.6) is 5.75 Å². The highest BCUT2D eigenvalue weighted by atomic mass is 79.9. The van der Waals surface area contributed by atoms with Gasteiger partial charge in [-0.3, -0.25) is 4.79 Å². The molecule has 2 rings (SSSR count). The predicted octanol–water partition coefficient (Wildman–Crippen LogP) is 2.95. The van der Waals surface area contributed by atoms with Gasteiger partial charge < -0.3 is 15.0 Å². The van der Waals surface area contributed by atoms with Crippen LogP contribution in [0.25, 0.3) is 0 Å². The van der Waals surface area contributed by atoms with Crippen molar-refractivity contribution < 1.29 is 5.11 Å². The third kappa shape index (κ3) is 3.38. The second kappa shape index (κ2) is 5.93. The lowest BCUT2D eigenvalue weighted by Crippen LogP contribution is -2.17. The van der Waals surface area contributed by atoms with Crippen molar-refractivity contribution in [1.29, 1.82) is 0 Å². The van der Waals surface area contributed by atoms with Crippen molar-refractivity contribution >= 4 is 21.6 Å². The summed E-state index contributed by atoms with van der Waals surface area (Å²) in [6, 6.07) is 8.68. The first-order valence-corrected chi connectivity index (χ1v) is 6.81. The molecule has 100 valence electrons. The van der Waals surface area contributed by atoms with Gasteiger partial charge in [0, 0.05) is 25.4 Å². The molecule has 19 heavy (non-hydrogen) atoms. The van der Waals surface area contributed by atoms with E-state index in [1.807, 2.05) is 19.1 Å². The smallest absolute Gasteiger partial charge is 0.250 e. The number of hydrogen-bond donors (Lipinski definition) is 2. The van der Waals surface area contributed by atoms with Crippen LogP contribution in [0.3, 0.4) is 0 Å². The molecule has 0 fully saturated rings. The number of aromatic hydroxyl groups is 1. The molecule has 1 aromatic heterocycles. The topological polar surface area (TPSA) is 54.3 Å². The number of aromatic nitrogens is 1. The fourth-order valence-electron chi connectivity index (χ4n) is 1.75. The van der Waals surface area contributed by atoms with Crippen LogP contribution in [0.1, 0.15) is 12.5 Å². The molecule has 4 nitrogen and oxygen atoms in total. The maximum Gasteiger partial charge on any atom is 0.250 e. The molecule has 0 aliphatic carbocycles. The van der Waals surface area contributed by atoms with Gasteiger partial charge in [-0.2, -0.15) is 0 Å². The Balaban J connectivity index is 2.10. The van der Waals surface area contributed by atoms with Crippen LogP contribution in [0, 0.1) is 0 Å². The van der Waals surface area contributed by atoms with E-state index in [-0.39, 0.29) is 11.3 Å². The van der Waals surface area contributed by atoms with Crippen LogP contribution in [0.2, 0.25) is 0 Å². The monoisotopic (exact) mass is 322 g/mol. The lowest BCUT2D eigenvalue weighted by atomic mass is 10.2. The maximum atomic E-state index is 11.5. The van der Waals surface area contributed by atoms with E-state index in [1.54, 1.807) is 29.0 Å². The van der Waals surface area contributed by atoms with Crippen molar-refractivity contribution in [3.05, 3.63) is 56.9 Å². The Hall–Kier alpha value is -1.75. The van der Waals surface area contributed by atoms with Crippen molar-refractivity contribution in [1.82, 2.24) is 4.57 Å². The average molecular weight is 323 g/mol. The SMILES string of the molecule is CCn1cc(NCc2ccc(O)c(Br)c2)ccc1=O. The van der Waals surface area contributed by atoms with Gasteiger partial charge in [0.2, 0.25) is 0 Å². The van der Waals surface area contributed by atoms with Gasteiger partial charge in [0.25, 0.3) is 5.56 Å². The molecule has 0 aliphatic heterocycles. The summed E-state index contributed by atoms with van der Waals surface area (Å²) in [5, 5.41) is 12.7. The summed E-state index contributed by atoms with van der Waals surface area (Å²) in [6.07, 6.45) is 1.80. The standard InChI is InChI=1S/C14H15BrN2O2/c1-2-17-9-11(4-6-14(17)19)16-8-10-3-5-13(18)12(15)7-10/h3-7,9,16,18H,2,8H2,1H3. The molecule has 5 heteroatoms. The van der Waals surface area contributed by atoms with Gasteiger partial charge in [0.05, 0.1) is 10.2 Å². The molecule has 0 unspecified atom stereocenters. The molecule has 0 atom stereocenters. The third-order valence-electron chi connectivity index (χ3n) is 2.83. The molecular formula is C14H15BrN2O2. The van der Waals surface area contributed by atoms with E-state index in [0.29, 0.717) is 17.6 Å². The summed E-state index contributed by atoms with van der Waals surface area (Å²) in [5.41, 5.74) is 1.94. The fraction of sp³-hybridized carbons (Fsp3) is 0.214. The first kappa shape index (κ1) is 13.7. The minimum atomic E-state index is 0.000396. The number of anilines is 1. The molecule has 1 heterocycles. The highest BCUT2D eigenvalue weighted by Gasteiger charge is 2.01. The minimum Gasteiger partial charge on any atom is -0.507 e. The van der Waals surface area contributed by atoms with E-state index < -0.39 is 0 Å². The Labute approximate surface area is 119 Å². The lowest BCUT2D eigenvalue weighted by Gasteiger charge is -2.09. The van der Waals surface area contributed by atoms with Crippen molar-refractivity contribution in [2.24, 2.45) is 0 Å². The molecule has 0 saturated carbocycles. The third-order valence-corrected chi connectivity index (χ3v) is 3.47. The highest BCUT2D eigenvalue weighted by molar-refractivity contribution is 9.10. The van der Waals surface area contributed by atoms with E-state index in [1.165, 1.54) is 0 Å². The second-order valence-electron chi connectivity index (χ2n) is 4.18. The van der Waals surface area contributed by atoms with Crippen molar-refractivity contribution in [2.45, 2.75) is 20.0 Å². The van der Waals surface area contributed by atoms with Crippen LogP contribution < -0.4 is 10.9 Å². The van der Waals surface area contributed by atoms with Gasteiger partial charge in [0.1, 0.15) is 5.75 Å². The van der Waals surface area contributed by atoms with Gasteiger partial charge >= 0.3 is 0 Å². The van der Waals surface area contributed by atoms with Crippen LogP contribution in [0.4, 0.5) is 5.69 Å². The zero-order chi connectivity index (χ0) is 13.8. The van der Waals surface area contributed by atoms with Gasteiger partial charge in [-0.15, -0.1) is 0 Å². The van der Waals surface area contributed by atoms with Gasteiger partial charge in [0.15, 0.2) is 0 Å². The van der Waals surface area contributed by atoms with Gasteiger partial charge in [-0.1, -0.05) is 6.07 Å². The van der Waals surface area contributed by atoms with E-state index >= 15 is 0 Å². The van der Waals surface area contributed by atoms with Crippen molar-refractivity contribution in [2.75, 3.05) is 5.32 Å². The largest absolute Gasteiger partial charge is 0.507 e. The number of halogens is 1. The summed E-state index contributed by atoms with van der Waals surface area (Å²) in [7, 11) is 0. The quantitative estimate of drug-likeness (QED) is 0.910. The minimum absolute atomic E-state index is 0.000396. The summed E-state index contributed by atoms with van der Waals surface area (Å²) < 4.78 is 2.32. The number of phenolic OH excluding ortho intramolecular Hbond substituents is 1. The van der Waals surface area contributed by atoms with Crippen molar-refractivity contribution in [3.63, 3.8) is 0 Å². The molecule has 0 radical (unpaired) electrons. The first-order valence-electron chi connectivity index (χ1n) is 6.02. The number of nitrogens with zero attached hydrogens (tertiary/aromatic N) is 1. The Bertz CT molecular complexity index is 638. The van der Waals surface area contributed by atoms with E-state index in [4.69, 9.17) is 0 Å². The van der Waals surface area contributed by atoms with Crippen LogP contribution in [-0.2, 0) is 13.1 Å². The van der Waals surface area contributed by atoms with Crippen LogP contribution >= 0.6 is 15.9 Å². The molecule has 2 N–H and O–H groups in total. The van der Waals surface area contributed by atoms with Gasteiger partial charge in [-0.25, -0.2) is 0 Å². The Morgan fingerprint density at radius 2 is 2.11 bits per heavy atom.